The van der Waals surface area contributed by atoms with Crippen LogP contribution in [0.25, 0.3) is 0 Å². The van der Waals surface area contributed by atoms with Gasteiger partial charge < -0.3 is 26.0 Å². The normalized spacial score (nSPS) is 10.5. The Morgan fingerprint density at radius 3 is 2.23 bits per heavy atom. The Bertz CT molecular complexity index is 669. The summed E-state index contributed by atoms with van der Waals surface area (Å²) in [6, 6.07) is 3.44. The summed E-state index contributed by atoms with van der Waals surface area (Å²) >= 11 is 1.44. The number of aromatic nitrogens is 2. The highest BCUT2D eigenvalue weighted by molar-refractivity contribution is 7.98. The van der Waals surface area contributed by atoms with Crippen molar-refractivity contribution in [3.05, 3.63) is 23.3 Å². The minimum atomic E-state index is -0.0413. The number of nitrogen functional groups attached to an aromatic ring is 2. The molecule has 1 aromatic heterocycles. The van der Waals surface area contributed by atoms with Gasteiger partial charge in [0.2, 0.25) is 11.7 Å². The van der Waals surface area contributed by atoms with Crippen molar-refractivity contribution in [1.82, 2.24) is 9.97 Å². The molecule has 1 heterocycles. The topological polar surface area (TPSA) is 117 Å². The molecule has 118 valence electrons. The fourth-order valence-corrected chi connectivity index (χ4v) is 2.69. The molecule has 2 rings (SSSR count). The van der Waals surface area contributed by atoms with Gasteiger partial charge in [-0.1, -0.05) is 0 Å². The van der Waals surface area contributed by atoms with Gasteiger partial charge in [0.1, 0.15) is 10.8 Å². The molecule has 0 saturated heterocycles. The second-order valence-corrected chi connectivity index (χ2v) is 5.28. The second kappa shape index (κ2) is 6.61. The van der Waals surface area contributed by atoms with Crippen LogP contribution in [0.15, 0.2) is 17.2 Å². The number of anilines is 2. The molecule has 8 heteroatoms. The van der Waals surface area contributed by atoms with Gasteiger partial charge in [0.15, 0.2) is 11.5 Å². The summed E-state index contributed by atoms with van der Waals surface area (Å²) in [5.41, 5.74) is 13.2. The van der Waals surface area contributed by atoms with Crippen LogP contribution in [0, 0.1) is 0 Å². The number of nitrogens with zero attached hydrogens (tertiary/aromatic N) is 2. The maximum absolute atomic E-state index is 9.95. The first-order valence-electron chi connectivity index (χ1n) is 6.39. The van der Waals surface area contributed by atoms with Crippen LogP contribution >= 0.6 is 11.8 Å². The number of methoxy groups -OCH3 is 2. The molecule has 0 aliphatic rings. The second-order valence-electron chi connectivity index (χ2n) is 4.48. The van der Waals surface area contributed by atoms with Crippen LogP contribution in [-0.2, 0) is 6.42 Å². The molecule has 0 saturated carbocycles. The van der Waals surface area contributed by atoms with Gasteiger partial charge in [0, 0.05) is 12.0 Å². The summed E-state index contributed by atoms with van der Waals surface area (Å²) in [7, 11) is 2.96. The number of benzene rings is 1. The molecule has 0 atom stereocenters. The highest BCUT2D eigenvalue weighted by Gasteiger charge is 2.15. The van der Waals surface area contributed by atoms with Crippen molar-refractivity contribution in [2.75, 3.05) is 31.9 Å². The van der Waals surface area contributed by atoms with Crippen molar-refractivity contribution in [3.63, 3.8) is 0 Å². The Balaban J connectivity index is 2.47. The van der Waals surface area contributed by atoms with Crippen LogP contribution in [-0.4, -0.2) is 35.5 Å². The van der Waals surface area contributed by atoms with E-state index in [4.69, 9.17) is 20.9 Å². The van der Waals surface area contributed by atoms with E-state index in [1.807, 2.05) is 6.26 Å². The van der Waals surface area contributed by atoms with Crippen LogP contribution in [0.1, 0.15) is 11.1 Å². The summed E-state index contributed by atoms with van der Waals surface area (Å²) in [5, 5.41) is 10.7. The van der Waals surface area contributed by atoms with Gasteiger partial charge in [0.25, 0.3) is 0 Å². The van der Waals surface area contributed by atoms with Crippen LogP contribution < -0.4 is 20.9 Å². The predicted molar refractivity (Wildman–Crippen MR) is 86.7 cm³/mol. The minimum Gasteiger partial charge on any atom is -0.502 e. The van der Waals surface area contributed by atoms with Crippen LogP contribution in [0.2, 0.25) is 0 Å². The number of rotatable bonds is 5. The van der Waals surface area contributed by atoms with Crippen molar-refractivity contribution in [3.8, 4) is 17.2 Å². The van der Waals surface area contributed by atoms with Gasteiger partial charge in [-0.2, -0.15) is 4.98 Å². The third-order valence-corrected chi connectivity index (χ3v) is 3.86. The van der Waals surface area contributed by atoms with E-state index in [9.17, 15) is 5.11 Å². The Morgan fingerprint density at radius 1 is 1.14 bits per heavy atom. The van der Waals surface area contributed by atoms with E-state index in [2.05, 4.69) is 9.97 Å². The van der Waals surface area contributed by atoms with Gasteiger partial charge in [-0.25, -0.2) is 4.98 Å². The molecule has 0 aliphatic heterocycles. The molecule has 0 unspecified atom stereocenters. The summed E-state index contributed by atoms with van der Waals surface area (Å²) in [4.78, 5) is 8.19. The van der Waals surface area contributed by atoms with E-state index < -0.39 is 0 Å². The quantitative estimate of drug-likeness (QED) is 0.562. The van der Waals surface area contributed by atoms with Gasteiger partial charge >= 0.3 is 0 Å². The first-order chi connectivity index (χ1) is 10.5. The average molecular weight is 322 g/mol. The number of hydrogen-bond donors (Lipinski definition) is 3. The van der Waals surface area contributed by atoms with Gasteiger partial charge in [-0.15, -0.1) is 11.8 Å². The Labute approximate surface area is 132 Å². The fourth-order valence-electron chi connectivity index (χ4n) is 2.09. The van der Waals surface area contributed by atoms with E-state index in [0.717, 1.165) is 16.2 Å². The SMILES string of the molecule is COc1cc(Cc2c(N)nc(N)nc2SC)cc(OC)c1O. The van der Waals surface area contributed by atoms with Crippen molar-refractivity contribution in [2.24, 2.45) is 0 Å². The van der Waals surface area contributed by atoms with Crippen molar-refractivity contribution < 1.29 is 14.6 Å². The van der Waals surface area contributed by atoms with Gasteiger partial charge in [0.05, 0.1) is 14.2 Å². The first-order valence-corrected chi connectivity index (χ1v) is 7.62. The lowest BCUT2D eigenvalue weighted by Crippen LogP contribution is -2.07. The third-order valence-electron chi connectivity index (χ3n) is 3.13. The van der Waals surface area contributed by atoms with E-state index in [-0.39, 0.29) is 11.7 Å². The number of hydrogen-bond acceptors (Lipinski definition) is 8. The maximum atomic E-state index is 9.95. The van der Waals surface area contributed by atoms with Crippen molar-refractivity contribution in [1.29, 1.82) is 0 Å². The standard InChI is InChI=1S/C14H18N4O3S/c1-20-9-5-7(6-10(21-2)11(9)19)4-8-12(15)17-14(16)18-13(8)22-3/h5-6,19H,4H2,1-3H3,(H4,15,16,17,18). The molecule has 0 bridgehead atoms. The lowest BCUT2D eigenvalue weighted by Gasteiger charge is -2.13. The number of nitrogens with two attached hydrogens (primary N) is 2. The summed E-state index contributed by atoms with van der Waals surface area (Å²) in [6.07, 6.45) is 2.36. The van der Waals surface area contributed by atoms with Crippen LogP contribution in [0.5, 0.6) is 17.2 Å². The minimum absolute atomic E-state index is 0.0413. The smallest absolute Gasteiger partial charge is 0.223 e. The van der Waals surface area contributed by atoms with Crippen LogP contribution in [0.4, 0.5) is 11.8 Å². The van der Waals surface area contributed by atoms with Crippen LogP contribution in [0.3, 0.4) is 0 Å². The number of aromatic hydroxyl groups is 1. The Hall–Kier alpha value is -2.35. The zero-order valence-corrected chi connectivity index (χ0v) is 13.4. The summed E-state index contributed by atoms with van der Waals surface area (Å²) < 4.78 is 10.3. The molecular weight excluding hydrogens is 304 g/mol. The zero-order chi connectivity index (χ0) is 16.3. The lowest BCUT2D eigenvalue weighted by atomic mass is 10.1. The molecule has 5 N–H and O–H groups in total. The van der Waals surface area contributed by atoms with Gasteiger partial charge in [-0.05, 0) is 24.0 Å². The summed E-state index contributed by atoms with van der Waals surface area (Å²) in [6.45, 7) is 0. The summed E-state index contributed by atoms with van der Waals surface area (Å²) in [5.74, 6) is 1.10. The molecule has 22 heavy (non-hydrogen) atoms. The van der Waals surface area contributed by atoms with E-state index in [1.54, 1.807) is 12.1 Å². The maximum Gasteiger partial charge on any atom is 0.223 e. The highest BCUT2D eigenvalue weighted by Crippen LogP contribution is 2.38. The predicted octanol–water partition coefficient (Wildman–Crippen LogP) is 1.68. The lowest BCUT2D eigenvalue weighted by molar-refractivity contribution is 0.339. The number of thioether (sulfide) groups is 1. The number of ether oxygens (including phenoxy) is 2. The molecule has 2 aromatic rings. The number of phenols is 1. The zero-order valence-electron chi connectivity index (χ0n) is 12.6. The molecular formula is C14H18N4O3S. The molecule has 0 aliphatic carbocycles. The van der Waals surface area contributed by atoms with Crippen molar-refractivity contribution >= 4 is 23.5 Å². The molecule has 1 aromatic carbocycles. The largest absolute Gasteiger partial charge is 0.502 e. The highest BCUT2D eigenvalue weighted by atomic mass is 32.2. The van der Waals surface area contributed by atoms with Crippen molar-refractivity contribution in [2.45, 2.75) is 11.4 Å². The van der Waals surface area contributed by atoms with Gasteiger partial charge in [-0.3, -0.25) is 0 Å². The van der Waals surface area contributed by atoms with E-state index in [0.29, 0.717) is 23.7 Å². The Kier molecular flexibility index (Phi) is 4.81. The number of phenolic OH excluding ortho intramolecular Hbond substituents is 1. The van der Waals surface area contributed by atoms with E-state index >= 15 is 0 Å². The average Bonchev–Trinajstić information content (AvgIpc) is 2.50. The third kappa shape index (κ3) is 3.11. The molecule has 0 spiro atoms. The molecule has 0 fully saturated rings. The first kappa shape index (κ1) is 16.0. The molecule has 0 radical (unpaired) electrons. The Morgan fingerprint density at radius 2 is 1.73 bits per heavy atom. The fraction of sp³-hybridized carbons (Fsp3) is 0.286. The van der Waals surface area contributed by atoms with E-state index in [1.165, 1.54) is 26.0 Å². The molecule has 7 nitrogen and oxygen atoms in total. The monoisotopic (exact) mass is 322 g/mol. The molecule has 0 amide bonds.